The van der Waals surface area contributed by atoms with Gasteiger partial charge in [-0.25, -0.2) is 19.2 Å². The number of carboxylic acids is 8. The summed E-state index contributed by atoms with van der Waals surface area (Å²) in [6, 6.07) is 38.4. The second-order valence-corrected chi connectivity index (χ2v) is 27.0. The SMILES string of the molecule is O=C(O)C[C@H](NC(=O)[C@H](Cc1ccccc1)NC(=O)c1cc(OCc2c3ccccc3c(COc3cc(C(=O)N[C@@H](Cc4ccccc4)C(=O)N[C@@H](CC(=O)O)C(=O)O)cc(C(=O)N[C@H](Cc4ccccc4)C(=O)N[C@@H](CC(=O)O)C(=O)O)c3)c3ccccc23)cc(C(=O)N[C@@H](Cc2ccccc2)C(=O)N[C@@H](CC(=O)O)C(=O)O)c1)C(=O)O. The Kier molecular flexibility index (Phi) is 30.0. The molecular weight excluding hydrogens is 1540 g/mol. The van der Waals surface area contributed by atoms with Crippen LogP contribution in [0.5, 0.6) is 11.5 Å². The summed E-state index contributed by atoms with van der Waals surface area (Å²) in [5.41, 5.74) is 1.11. The van der Waals surface area contributed by atoms with Gasteiger partial charge in [-0.05, 0) is 80.2 Å². The van der Waals surface area contributed by atoms with Crippen molar-refractivity contribution in [2.24, 2.45) is 0 Å². The maximum absolute atomic E-state index is 14.9. The summed E-state index contributed by atoms with van der Waals surface area (Å²) in [4.78, 5) is 212. The van der Waals surface area contributed by atoms with Gasteiger partial charge in [0.05, 0.1) is 25.7 Å². The van der Waals surface area contributed by atoms with Gasteiger partial charge in [0, 0.05) is 59.1 Å². The Morgan fingerprint density at radius 2 is 0.441 bits per heavy atom. The van der Waals surface area contributed by atoms with E-state index in [1.165, 1.54) is 24.3 Å². The van der Waals surface area contributed by atoms with Crippen LogP contribution in [-0.2, 0) is 96.4 Å². The van der Waals surface area contributed by atoms with Gasteiger partial charge in [0.25, 0.3) is 23.6 Å². The van der Waals surface area contributed by atoms with Gasteiger partial charge in [0.2, 0.25) is 23.6 Å². The van der Waals surface area contributed by atoms with Gasteiger partial charge in [0.15, 0.2) is 0 Å². The fraction of sp³-hybridized carbons (Fsp3) is 0.214. The van der Waals surface area contributed by atoms with Crippen molar-refractivity contribution in [3.63, 3.8) is 0 Å². The number of amides is 8. The minimum atomic E-state index is -1.97. The van der Waals surface area contributed by atoms with Crippen molar-refractivity contribution in [2.75, 3.05) is 0 Å². The monoisotopic (exact) mass is 1610 g/mol. The third-order valence-corrected chi connectivity index (χ3v) is 18.4. The maximum Gasteiger partial charge on any atom is 0.326 e. The van der Waals surface area contributed by atoms with Crippen LogP contribution in [0.25, 0.3) is 21.5 Å². The van der Waals surface area contributed by atoms with Crippen molar-refractivity contribution in [3.8, 4) is 11.5 Å². The fourth-order valence-corrected chi connectivity index (χ4v) is 12.6. The van der Waals surface area contributed by atoms with E-state index in [1.54, 1.807) is 170 Å². The molecule has 0 unspecified atom stereocenters. The highest BCUT2D eigenvalue weighted by atomic mass is 16.5. The van der Waals surface area contributed by atoms with Gasteiger partial charge in [-0.2, -0.15) is 0 Å². The zero-order valence-electron chi connectivity index (χ0n) is 62.2. The number of benzene rings is 9. The molecule has 0 saturated heterocycles. The molecule has 8 atom stereocenters. The molecule has 9 rings (SSSR count). The third kappa shape index (κ3) is 24.8. The van der Waals surface area contributed by atoms with E-state index in [9.17, 15) is 118 Å². The van der Waals surface area contributed by atoms with Crippen LogP contribution in [0.1, 0.15) is 100 Å². The quantitative estimate of drug-likeness (QED) is 0.0231. The van der Waals surface area contributed by atoms with Crippen LogP contribution in [-0.4, -0.2) is 184 Å². The molecule has 118 heavy (non-hydrogen) atoms. The van der Waals surface area contributed by atoms with Crippen LogP contribution < -0.4 is 52.0 Å². The van der Waals surface area contributed by atoms with Gasteiger partial charge in [-0.1, -0.05) is 170 Å². The van der Waals surface area contributed by atoms with Crippen LogP contribution in [0.4, 0.5) is 0 Å². The second-order valence-electron chi connectivity index (χ2n) is 27.0. The predicted octanol–water partition coefficient (Wildman–Crippen LogP) is 4.69. The summed E-state index contributed by atoms with van der Waals surface area (Å²) in [6.07, 6.45) is -5.42. The standard InChI is InChI=1S/C84H78N8O26/c93-69(94)39-65(81(109)110)89-77(105)61(29-45-17-5-1-6-18-45)85-73(101)49-33-50(74(102)86-62(30-46-19-7-2-8-20-46)78(106)90-66(82(111)112)40-70(95)96)36-53(35-49)117-43-59-55-25-13-15-27-57(55)60(58-28-16-14-26-56(58)59)44-118-54-37-51(75(103)87-63(31-47-21-9-3-10-22-47)79(107)91-67(83(113)114)41-71(97)98)34-52(38-54)76(104)88-64(32-48-23-11-4-12-24-48)80(108)92-68(84(115)116)42-72(99)100/h1-28,33-38,61-68H,29-32,39-44H2,(H,85,101)(H,86,102)(H,87,103)(H,88,104)(H,89,105)(H,90,106)(H,91,107)(H,92,108)(H,93,94)(H,95,96)(H,97,98)(H,99,100)(H,109,110)(H,111,112)(H,113,114)(H,115,116)/t61-,62-,63-,64+,65-,66-,67-,68-/m0/s1. The van der Waals surface area contributed by atoms with Crippen LogP contribution in [0.3, 0.4) is 0 Å². The van der Waals surface area contributed by atoms with E-state index in [1.807, 2.05) is 0 Å². The molecule has 0 radical (unpaired) electrons. The molecule has 0 aliphatic heterocycles. The number of aliphatic carboxylic acids is 8. The normalized spacial score (nSPS) is 12.9. The molecule has 0 fully saturated rings. The number of rotatable bonds is 42. The Morgan fingerprint density at radius 3 is 0.627 bits per heavy atom. The van der Waals surface area contributed by atoms with E-state index < -0.39 is 204 Å². The molecule has 0 bridgehead atoms. The first-order valence-electron chi connectivity index (χ1n) is 36.2. The van der Waals surface area contributed by atoms with Gasteiger partial charge in [-0.3, -0.25) is 57.5 Å². The molecule has 8 amide bonds. The van der Waals surface area contributed by atoms with E-state index >= 15 is 0 Å². The molecule has 16 N–H and O–H groups in total. The van der Waals surface area contributed by atoms with E-state index in [4.69, 9.17) is 9.47 Å². The summed E-state index contributed by atoms with van der Waals surface area (Å²) in [6.45, 7) is -0.802. The molecule has 0 aliphatic carbocycles. The average molecular weight is 1620 g/mol. The first kappa shape index (κ1) is 86.6. The van der Waals surface area contributed by atoms with Crippen LogP contribution in [0.15, 0.2) is 206 Å². The largest absolute Gasteiger partial charge is 0.489 e. The lowest BCUT2D eigenvalue weighted by Gasteiger charge is -2.23. The molecule has 34 nitrogen and oxygen atoms in total. The Labute approximate surface area is 669 Å². The summed E-state index contributed by atoms with van der Waals surface area (Å²) in [5, 5.41) is 98.5. The Balaban J connectivity index is 1.11. The first-order valence-corrected chi connectivity index (χ1v) is 36.2. The third-order valence-electron chi connectivity index (χ3n) is 18.4. The number of carbonyl (C=O) groups excluding carboxylic acids is 8. The Bertz CT molecular complexity index is 4670. The Hall–Kier alpha value is -15.4. The summed E-state index contributed by atoms with van der Waals surface area (Å²) in [5.74, 6) is -22.4. The van der Waals surface area contributed by atoms with Crippen molar-refractivity contribution >= 4 is 117 Å². The van der Waals surface area contributed by atoms with Gasteiger partial charge >= 0.3 is 47.8 Å². The van der Waals surface area contributed by atoms with Gasteiger partial charge < -0.3 is 92.9 Å². The molecule has 610 valence electrons. The van der Waals surface area contributed by atoms with Gasteiger partial charge in [-0.15, -0.1) is 0 Å². The number of fused-ring (bicyclic) bond motifs is 2. The van der Waals surface area contributed by atoms with E-state index in [2.05, 4.69) is 42.5 Å². The van der Waals surface area contributed by atoms with Gasteiger partial charge in [0.1, 0.15) is 73.0 Å². The van der Waals surface area contributed by atoms with E-state index in [0.717, 1.165) is 12.1 Å². The number of ether oxygens (including phenoxy) is 2. The highest BCUT2D eigenvalue weighted by Crippen LogP contribution is 2.36. The molecule has 34 heteroatoms. The lowest BCUT2D eigenvalue weighted by molar-refractivity contribution is -0.147. The lowest BCUT2D eigenvalue weighted by Crippen LogP contribution is -2.53. The van der Waals surface area contributed by atoms with Crippen LogP contribution in [0, 0.1) is 0 Å². The number of carboxylic acid groups (broad SMARTS) is 8. The molecule has 9 aromatic carbocycles. The zero-order valence-corrected chi connectivity index (χ0v) is 62.2. The summed E-state index contributed by atoms with van der Waals surface area (Å²) < 4.78 is 13.2. The van der Waals surface area contributed by atoms with E-state index in [-0.39, 0.29) is 37.2 Å². The van der Waals surface area contributed by atoms with Crippen molar-refractivity contribution in [1.29, 1.82) is 0 Å². The molecule has 0 aliphatic rings. The Morgan fingerprint density at radius 1 is 0.246 bits per heavy atom. The minimum absolute atomic E-state index is 0.223. The number of hydrogen-bond donors (Lipinski definition) is 16. The molecular formula is C84H78N8O26. The highest BCUT2D eigenvalue weighted by Gasteiger charge is 2.35. The van der Waals surface area contributed by atoms with E-state index in [0.29, 0.717) is 54.9 Å². The number of hydrogen-bond acceptors (Lipinski definition) is 18. The number of carbonyl (C=O) groups is 16. The fourth-order valence-electron chi connectivity index (χ4n) is 12.6. The predicted molar refractivity (Wildman–Crippen MR) is 416 cm³/mol. The topological polar surface area (TPSA) is 550 Å². The molecule has 0 heterocycles. The average Bonchev–Trinajstić information content (AvgIpc) is 0.752. The minimum Gasteiger partial charge on any atom is -0.489 e. The lowest BCUT2D eigenvalue weighted by atomic mass is 9.92. The van der Waals surface area contributed by atoms with Crippen molar-refractivity contribution < 1.29 is 127 Å². The first-order chi connectivity index (χ1) is 56.4. The number of nitrogens with one attached hydrogen (secondary N) is 8. The van der Waals surface area contributed by atoms with Crippen LogP contribution >= 0.6 is 0 Å². The van der Waals surface area contributed by atoms with Crippen LogP contribution in [0.2, 0.25) is 0 Å². The molecule has 0 aromatic heterocycles. The summed E-state index contributed by atoms with van der Waals surface area (Å²) >= 11 is 0. The smallest absolute Gasteiger partial charge is 0.326 e. The maximum atomic E-state index is 14.9. The summed E-state index contributed by atoms with van der Waals surface area (Å²) in [7, 11) is 0. The molecule has 0 spiro atoms. The van der Waals surface area contributed by atoms with Crippen molar-refractivity contribution in [2.45, 2.75) is 113 Å². The molecule has 0 saturated carbocycles. The highest BCUT2D eigenvalue weighted by molar-refractivity contribution is 6.08. The van der Waals surface area contributed by atoms with Crippen molar-refractivity contribution in [1.82, 2.24) is 42.5 Å². The molecule has 9 aromatic rings. The second kappa shape index (κ2) is 40.9. The van der Waals surface area contributed by atoms with Crippen molar-refractivity contribution in [3.05, 3.63) is 262 Å². The zero-order chi connectivity index (χ0) is 85.3.